The normalized spacial score (nSPS) is 17.7. The summed E-state index contributed by atoms with van der Waals surface area (Å²) < 4.78 is 5.55. The van der Waals surface area contributed by atoms with E-state index in [0.717, 1.165) is 28.5 Å². The zero-order valence-corrected chi connectivity index (χ0v) is 22.5. The quantitative estimate of drug-likeness (QED) is 0.405. The number of alkyl carbamates (subject to hydrolysis) is 1. The Balaban J connectivity index is 0.00000361. The van der Waals surface area contributed by atoms with Gasteiger partial charge in [-0.15, -0.1) is 0 Å². The van der Waals surface area contributed by atoms with Crippen molar-refractivity contribution in [3.05, 3.63) is 65.1 Å². The number of nitrogens with zero attached hydrogens (tertiary/aromatic N) is 2. The van der Waals surface area contributed by atoms with Crippen LogP contribution >= 0.6 is 0 Å². The van der Waals surface area contributed by atoms with Crippen molar-refractivity contribution < 1.29 is 19.1 Å². The van der Waals surface area contributed by atoms with Crippen LogP contribution in [0.5, 0.6) is 0 Å². The van der Waals surface area contributed by atoms with Gasteiger partial charge in [0.1, 0.15) is 18.7 Å². The largest absolute Gasteiger partial charge is 0.813 e. The van der Waals surface area contributed by atoms with Gasteiger partial charge < -0.3 is 25.7 Å². The van der Waals surface area contributed by atoms with E-state index in [0.29, 0.717) is 25.8 Å². The minimum Gasteiger partial charge on any atom is -0.813 e. The summed E-state index contributed by atoms with van der Waals surface area (Å²) >= 11 is 0. The minimum absolute atomic E-state index is 0. The van der Waals surface area contributed by atoms with Crippen molar-refractivity contribution in [3.8, 4) is 11.1 Å². The van der Waals surface area contributed by atoms with Crippen LogP contribution in [0.4, 0.5) is 4.79 Å². The average Bonchev–Trinajstić information content (AvgIpc) is 3.49. The van der Waals surface area contributed by atoms with Crippen molar-refractivity contribution in [3.63, 3.8) is 0 Å². The van der Waals surface area contributed by atoms with Crippen LogP contribution in [0.25, 0.3) is 16.5 Å². The van der Waals surface area contributed by atoms with E-state index in [4.69, 9.17) is 4.74 Å². The molecule has 3 atom stereocenters. The van der Waals surface area contributed by atoms with Crippen molar-refractivity contribution >= 4 is 24.1 Å². The van der Waals surface area contributed by atoms with Gasteiger partial charge in [-0.25, -0.2) is 4.79 Å². The van der Waals surface area contributed by atoms with Gasteiger partial charge in [-0.1, -0.05) is 55.5 Å². The Labute approximate surface area is 205 Å². The average molecular weight is 738 g/mol. The molecule has 2 aliphatic rings. The van der Waals surface area contributed by atoms with Crippen LogP contribution in [0.15, 0.2) is 48.5 Å². The van der Waals surface area contributed by atoms with E-state index in [1.165, 1.54) is 4.90 Å². The number of likely N-dealkylation sites (tertiary alicyclic amines) is 1. The van der Waals surface area contributed by atoms with Crippen molar-refractivity contribution in [2.24, 2.45) is 0 Å². The first kappa shape index (κ1) is 25.9. The first-order valence-electron chi connectivity index (χ1n) is 12.1. The van der Waals surface area contributed by atoms with E-state index >= 15 is 0 Å². The molecule has 0 aromatic heterocycles. The summed E-state index contributed by atoms with van der Waals surface area (Å²) in [5.41, 5.74) is 4.51. The van der Waals surface area contributed by atoms with E-state index < -0.39 is 24.2 Å². The number of carbonyl (C=O) groups is 3. The van der Waals surface area contributed by atoms with Gasteiger partial charge in [0.05, 0.1) is 0 Å². The molecule has 0 unspecified atom stereocenters. The van der Waals surface area contributed by atoms with Gasteiger partial charge >= 0.3 is 6.09 Å². The Morgan fingerprint density at radius 1 is 1.08 bits per heavy atom. The molecule has 1 heterocycles. The first-order chi connectivity index (χ1) is 16.9. The molecule has 36 heavy (non-hydrogen) atoms. The smallest absolute Gasteiger partial charge is 0.407 e. The van der Waals surface area contributed by atoms with Crippen molar-refractivity contribution in [1.82, 2.24) is 15.5 Å². The Morgan fingerprint density at radius 2 is 1.69 bits per heavy atom. The number of nitrogens with one attached hydrogen (secondary N) is 2. The Hall–Kier alpha value is -4.68. The predicted octanol–water partition coefficient (Wildman–Crippen LogP) is 3.44. The number of fused-ring (bicyclic) bond motifs is 3. The maximum atomic E-state index is 13.0. The Bertz CT molecular complexity index is 1080. The van der Waals surface area contributed by atoms with Crippen LogP contribution in [-0.2, 0) is 14.3 Å². The zero-order chi connectivity index (χ0) is 24.9. The van der Waals surface area contributed by atoms with Crippen LogP contribution in [0, 0.1) is 0 Å². The molecule has 1 aliphatic carbocycles. The number of amides is 3. The molecule has 1 fully saturated rings. The molecule has 2 aromatic carbocycles. The fourth-order valence-corrected chi connectivity index (χ4v) is 4.95. The summed E-state index contributed by atoms with van der Waals surface area (Å²) in [6, 6.07) is 14.2. The number of carbonyl (C=O) groups excluding carboxylic acids is 3. The van der Waals surface area contributed by atoms with Gasteiger partial charge in [0.15, 0.2) is 0 Å². The molecular weight excluding hydrogens is 706 g/mol. The van der Waals surface area contributed by atoms with E-state index in [-0.39, 0.29) is 24.3 Å². The van der Waals surface area contributed by atoms with E-state index in [1.54, 1.807) is 6.92 Å². The number of hydrogen-bond acceptors (Lipinski definition) is 4. The predicted molar refractivity (Wildman–Crippen MR) is 134 cm³/mol. The Kier molecular flexibility index (Phi) is 8.04. The van der Waals surface area contributed by atoms with E-state index in [1.807, 2.05) is 43.3 Å². The maximum Gasteiger partial charge on any atom is 0.407 e. The second-order valence-electron chi connectivity index (χ2n) is 9.05. The summed E-state index contributed by atoms with van der Waals surface area (Å²) in [5.74, 6) is -0.709. The van der Waals surface area contributed by atoms with Crippen molar-refractivity contribution in [1.29, 1.82) is 0 Å². The SMILES string of the molecule is CC[C@@H](C=[N-])NC(=O)[C@@H]1CCCN1C(=O)[C@H](C)NC(=O)OCC1c2ccccc2-c2ccccc21.[Lr]. The molecule has 199 valence electrons. The molecule has 4 rings (SSSR count). The summed E-state index contributed by atoms with van der Waals surface area (Å²) in [6.45, 7) is 4.03. The van der Waals surface area contributed by atoms with Gasteiger partial charge in [0, 0.05) is 18.5 Å². The topological polar surface area (TPSA) is 110 Å². The molecule has 0 bridgehead atoms. The standard InChI is InChI=1S/C27H31N4O4.Lr/c1-3-18(15-28)30-25(32)24-13-8-14-31(24)26(33)17(2)29-27(34)35-16-23-21-11-6-4-9-19(21)20-10-5-7-12-22(20)23;/h4-7,9-12,15,17-18,23-24H,3,8,13-14,16H2,1-2H3,(H,29,34)(H,30,32);/q-1;/t17-,18-,24-;/m0./s1. The van der Waals surface area contributed by atoms with E-state index in [2.05, 4.69) is 22.8 Å². The minimum atomic E-state index is -0.842. The monoisotopic (exact) mass is 737 g/mol. The molecule has 0 spiro atoms. The molecule has 8 nitrogen and oxygen atoms in total. The third kappa shape index (κ3) is 5.04. The van der Waals surface area contributed by atoms with Crippen molar-refractivity contribution in [2.75, 3.05) is 13.2 Å². The second kappa shape index (κ2) is 11.2. The van der Waals surface area contributed by atoms with Gasteiger partial charge in [0.25, 0.3) is 0 Å². The number of rotatable bonds is 8. The summed E-state index contributed by atoms with van der Waals surface area (Å²) in [4.78, 5) is 39.7. The fourth-order valence-electron chi connectivity index (χ4n) is 4.95. The summed E-state index contributed by atoms with van der Waals surface area (Å²) in [6.07, 6.45) is 2.05. The molecule has 9 heteroatoms. The van der Waals surface area contributed by atoms with Gasteiger partial charge in [0.2, 0.25) is 11.8 Å². The van der Waals surface area contributed by atoms with Crippen LogP contribution in [0.3, 0.4) is 0 Å². The molecule has 0 saturated carbocycles. The molecule has 2 N–H and O–H groups in total. The van der Waals surface area contributed by atoms with Gasteiger partial charge in [-0.3, -0.25) is 9.59 Å². The summed E-state index contributed by atoms with van der Waals surface area (Å²) in [7, 11) is 0. The number of ether oxygens (including phenoxy) is 1. The zero-order valence-electron chi connectivity index (χ0n) is 20.3. The fraction of sp³-hybridized carbons (Fsp3) is 0.407. The first-order valence-corrected chi connectivity index (χ1v) is 12.1. The summed E-state index contributed by atoms with van der Waals surface area (Å²) in [5, 5.41) is 14.6. The Morgan fingerprint density at radius 3 is 2.28 bits per heavy atom. The molecule has 1 radical (unpaired) electrons. The molecule has 1 aliphatic heterocycles. The van der Waals surface area contributed by atoms with E-state index in [9.17, 15) is 19.8 Å². The third-order valence-electron chi connectivity index (χ3n) is 6.83. The van der Waals surface area contributed by atoms with Gasteiger partial charge in [-0.05, 0) is 48.4 Å². The second-order valence-corrected chi connectivity index (χ2v) is 9.05. The van der Waals surface area contributed by atoms with Crippen LogP contribution < -0.4 is 10.6 Å². The van der Waals surface area contributed by atoms with Gasteiger partial charge in [-0.2, -0.15) is 6.21 Å². The number of benzene rings is 2. The van der Waals surface area contributed by atoms with Crippen LogP contribution in [0.2, 0.25) is 0 Å². The van der Waals surface area contributed by atoms with Crippen LogP contribution in [0.1, 0.15) is 50.2 Å². The molecule has 2 aromatic rings. The molecule has 1 saturated heterocycles. The molecular formula is C27H31LrN4O4-. The number of hydrogen-bond donors (Lipinski definition) is 2. The molecule has 3 amide bonds. The third-order valence-corrected chi connectivity index (χ3v) is 6.83. The maximum absolute atomic E-state index is 13.0. The van der Waals surface area contributed by atoms with Crippen molar-refractivity contribution in [2.45, 2.75) is 57.2 Å². The van der Waals surface area contributed by atoms with Crippen LogP contribution in [-0.4, -0.2) is 60.3 Å².